The average molecular weight is 363 g/mol. The number of piperidine rings is 1. The normalized spacial score (nSPS) is 20.8. The summed E-state index contributed by atoms with van der Waals surface area (Å²) >= 11 is 0. The van der Waals surface area contributed by atoms with E-state index in [2.05, 4.69) is 4.90 Å². The molecule has 0 unspecified atom stereocenters. The number of ether oxygens (including phenoxy) is 1. The summed E-state index contributed by atoms with van der Waals surface area (Å²) in [7, 11) is 0. The predicted molar refractivity (Wildman–Crippen MR) is 98.7 cm³/mol. The molecule has 5 heteroatoms. The molecule has 0 aromatic heterocycles. The Kier molecular flexibility index (Phi) is 5.15. The monoisotopic (exact) mass is 363 g/mol. The number of halogens is 1. The minimum Gasteiger partial charge on any atom is -0.456 e. The van der Waals surface area contributed by atoms with Crippen molar-refractivity contribution in [3.63, 3.8) is 0 Å². The zero-order valence-electron chi connectivity index (χ0n) is 16.3. The molecule has 1 N–H and O–H groups in total. The zero-order chi connectivity index (χ0) is 19.1. The first-order valence-electron chi connectivity index (χ1n) is 9.54. The van der Waals surface area contributed by atoms with Gasteiger partial charge in [-0.3, -0.25) is 4.90 Å². The van der Waals surface area contributed by atoms with Crippen LogP contribution in [-0.4, -0.2) is 40.3 Å². The summed E-state index contributed by atoms with van der Waals surface area (Å²) in [5.41, 5.74) is 0.824. The maximum atomic E-state index is 14.7. The Labute approximate surface area is 155 Å². The Bertz CT molecular complexity index is 679. The van der Waals surface area contributed by atoms with Crippen molar-refractivity contribution in [3.8, 4) is 0 Å². The van der Waals surface area contributed by atoms with Gasteiger partial charge in [-0.1, -0.05) is 0 Å². The van der Waals surface area contributed by atoms with Crippen LogP contribution < -0.4 is 0 Å². The quantitative estimate of drug-likeness (QED) is 0.822. The van der Waals surface area contributed by atoms with Gasteiger partial charge in [-0.15, -0.1) is 0 Å². The van der Waals surface area contributed by atoms with Crippen LogP contribution in [0.25, 0.3) is 0 Å². The Morgan fingerprint density at radius 2 is 1.92 bits per heavy atom. The van der Waals surface area contributed by atoms with Crippen molar-refractivity contribution < 1.29 is 19.0 Å². The molecule has 3 rings (SSSR count). The Morgan fingerprint density at radius 3 is 2.46 bits per heavy atom. The third-order valence-electron chi connectivity index (χ3n) is 5.19. The van der Waals surface area contributed by atoms with Gasteiger partial charge in [-0.2, -0.15) is 0 Å². The summed E-state index contributed by atoms with van der Waals surface area (Å²) < 4.78 is 20.0. The van der Waals surface area contributed by atoms with Gasteiger partial charge in [0.15, 0.2) is 0 Å². The first kappa shape index (κ1) is 19.3. The fourth-order valence-electron chi connectivity index (χ4n) is 3.47. The van der Waals surface area contributed by atoms with Crippen molar-refractivity contribution in [2.75, 3.05) is 13.1 Å². The van der Waals surface area contributed by atoms with Crippen LogP contribution in [0.2, 0.25) is 0 Å². The van der Waals surface area contributed by atoms with E-state index < -0.39 is 23.0 Å². The van der Waals surface area contributed by atoms with Crippen LogP contribution >= 0.6 is 0 Å². The highest BCUT2D eigenvalue weighted by Crippen LogP contribution is 2.43. The van der Waals surface area contributed by atoms with E-state index in [1.165, 1.54) is 6.07 Å². The third kappa shape index (κ3) is 4.83. The predicted octanol–water partition coefficient (Wildman–Crippen LogP) is 4.01. The fourth-order valence-corrected chi connectivity index (χ4v) is 3.47. The Hall–Kier alpha value is -1.46. The van der Waals surface area contributed by atoms with Gasteiger partial charge in [0.1, 0.15) is 11.4 Å². The van der Waals surface area contributed by atoms with Crippen molar-refractivity contribution in [1.29, 1.82) is 0 Å². The lowest BCUT2D eigenvalue weighted by molar-refractivity contribution is -0.00746. The van der Waals surface area contributed by atoms with Gasteiger partial charge < -0.3 is 9.84 Å². The molecule has 0 bridgehead atoms. The lowest BCUT2D eigenvalue weighted by Gasteiger charge is -2.36. The van der Waals surface area contributed by atoms with Crippen molar-refractivity contribution >= 4 is 5.97 Å². The topological polar surface area (TPSA) is 49.8 Å². The van der Waals surface area contributed by atoms with E-state index in [1.54, 1.807) is 26.8 Å². The first-order chi connectivity index (χ1) is 12.0. The summed E-state index contributed by atoms with van der Waals surface area (Å²) in [6.45, 7) is 9.47. The van der Waals surface area contributed by atoms with Gasteiger partial charge in [-0.05, 0) is 82.6 Å². The van der Waals surface area contributed by atoms with E-state index in [9.17, 15) is 14.3 Å². The van der Waals surface area contributed by atoms with E-state index in [-0.39, 0.29) is 5.56 Å². The van der Waals surface area contributed by atoms with Gasteiger partial charge in [-0.25, -0.2) is 9.18 Å². The number of esters is 1. The summed E-state index contributed by atoms with van der Waals surface area (Å²) in [6.07, 6.45) is 3.62. The molecule has 26 heavy (non-hydrogen) atoms. The Balaban J connectivity index is 1.80. The average Bonchev–Trinajstić information content (AvgIpc) is 3.32. The number of aliphatic hydroxyl groups is 1. The van der Waals surface area contributed by atoms with Crippen LogP contribution in [0, 0.1) is 5.82 Å². The molecule has 1 aromatic rings. The number of likely N-dealkylation sites (tertiary alicyclic amines) is 1. The minimum atomic E-state index is -0.646. The standard InChI is InChI=1S/C21H30FNO3/c1-20(2,3)26-19(24)17-12-16(14-5-6-14)15(11-18(17)22)13-23-9-7-21(4,25)8-10-23/h11-12,14,25H,5-10,13H2,1-4H3. The smallest absolute Gasteiger partial charge is 0.341 e. The molecule has 0 spiro atoms. The van der Waals surface area contributed by atoms with Crippen LogP contribution in [0.3, 0.4) is 0 Å². The molecule has 1 saturated heterocycles. The molecule has 1 saturated carbocycles. The van der Waals surface area contributed by atoms with Crippen molar-refractivity contribution in [1.82, 2.24) is 4.90 Å². The SMILES string of the molecule is CC1(O)CCN(Cc2cc(F)c(C(=O)OC(C)(C)C)cc2C2CC2)CC1. The number of rotatable bonds is 4. The molecule has 1 heterocycles. The Morgan fingerprint density at radius 1 is 1.31 bits per heavy atom. The van der Waals surface area contributed by atoms with Gasteiger partial charge in [0.05, 0.1) is 11.2 Å². The van der Waals surface area contributed by atoms with Gasteiger partial charge in [0.25, 0.3) is 0 Å². The molecule has 2 fully saturated rings. The molecule has 2 aliphatic rings. The fraction of sp³-hybridized carbons (Fsp3) is 0.667. The molecule has 0 radical (unpaired) electrons. The summed E-state index contributed by atoms with van der Waals surface area (Å²) in [5, 5.41) is 10.1. The summed E-state index contributed by atoms with van der Waals surface area (Å²) in [4.78, 5) is 14.6. The zero-order valence-corrected chi connectivity index (χ0v) is 16.3. The molecule has 1 aliphatic carbocycles. The number of nitrogens with zero attached hydrogens (tertiary/aromatic N) is 1. The van der Waals surface area contributed by atoms with Crippen LogP contribution in [0.1, 0.15) is 80.8 Å². The number of carbonyl (C=O) groups excluding carboxylic acids is 1. The second-order valence-electron chi connectivity index (χ2n) is 9.08. The molecular weight excluding hydrogens is 333 g/mol. The lowest BCUT2D eigenvalue weighted by atomic mass is 9.92. The van der Waals surface area contributed by atoms with Gasteiger partial charge in [0, 0.05) is 19.6 Å². The van der Waals surface area contributed by atoms with Crippen LogP contribution in [0.4, 0.5) is 4.39 Å². The van der Waals surface area contributed by atoms with Gasteiger partial charge in [0.2, 0.25) is 0 Å². The maximum absolute atomic E-state index is 14.7. The highest BCUT2D eigenvalue weighted by Gasteiger charge is 2.32. The van der Waals surface area contributed by atoms with Crippen molar-refractivity contribution in [2.24, 2.45) is 0 Å². The largest absolute Gasteiger partial charge is 0.456 e. The molecule has 1 aliphatic heterocycles. The maximum Gasteiger partial charge on any atom is 0.341 e. The molecule has 1 aromatic carbocycles. The van der Waals surface area contributed by atoms with E-state index in [4.69, 9.17) is 4.74 Å². The highest BCUT2D eigenvalue weighted by atomic mass is 19.1. The number of hydrogen-bond donors (Lipinski definition) is 1. The number of benzene rings is 1. The van der Waals surface area contributed by atoms with E-state index in [1.807, 2.05) is 6.92 Å². The number of carbonyl (C=O) groups is 1. The molecule has 0 amide bonds. The van der Waals surface area contributed by atoms with Gasteiger partial charge >= 0.3 is 5.97 Å². The lowest BCUT2D eigenvalue weighted by Crippen LogP contribution is -2.42. The van der Waals surface area contributed by atoms with Crippen LogP contribution in [0.5, 0.6) is 0 Å². The molecule has 0 atom stereocenters. The third-order valence-corrected chi connectivity index (χ3v) is 5.19. The van der Waals surface area contributed by atoms with Crippen molar-refractivity contribution in [2.45, 2.75) is 77.0 Å². The molecular formula is C21H30FNO3. The van der Waals surface area contributed by atoms with E-state index >= 15 is 0 Å². The van der Waals surface area contributed by atoms with Crippen LogP contribution in [0.15, 0.2) is 12.1 Å². The second-order valence-corrected chi connectivity index (χ2v) is 9.08. The second kappa shape index (κ2) is 6.93. The summed E-state index contributed by atoms with van der Waals surface area (Å²) in [5.74, 6) is -0.695. The summed E-state index contributed by atoms with van der Waals surface area (Å²) in [6, 6.07) is 3.22. The minimum absolute atomic E-state index is 0.0344. The molecule has 144 valence electrons. The van der Waals surface area contributed by atoms with Crippen LogP contribution in [-0.2, 0) is 11.3 Å². The first-order valence-corrected chi connectivity index (χ1v) is 9.54. The van der Waals surface area contributed by atoms with Crippen molar-refractivity contribution in [3.05, 3.63) is 34.6 Å². The van der Waals surface area contributed by atoms with E-state index in [0.29, 0.717) is 12.5 Å². The van der Waals surface area contributed by atoms with E-state index in [0.717, 1.165) is 49.9 Å². The number of hydrogen-bond acceptors (Lipinski definition) is 4. The highest BCUT2D eigenvalue weighted by molar-refractivity contribution is 5.90. The molecule has 4 nitrogen and oxygen atoms in total.